The molecule has 34 heavy (non-hydrogen) atoms. The predicted octanol–water partition coefficient (Wildman–Crippen LogP) is 2.97. The van der Waals surface area contributed by atoms with Gasteiger partial charge in [-0.1, -0.05) is 36.9 Å². The molecule has 180 valence electrons. The van der Waals surface area contributed by atoms with Crippen molar-refractivity contribution in [3.63, 3.8) is 0 Å². The van der Waals surface area contributed by atoms with Crippen molar-refractivity contribution in [3.05, 3.63) is 77.6 Å². The molecule has 2 atom stereocenters. The summed E-state index contributed by atoms with van der Waals surface area (Å²) >= 11 is 0. The maximum Gasteiger partial charge on any atom is 0.254 e. The number of morpholine rings is 1. The Balaban J connectivity index is 1.57. The number of hydrogen-bond donors (Lipinski definition) is 1. The number of nitrogens with one attached hydrogen (secondary N) is 1. The van der Waals surface area contributed by atoms with E-state index in [-0.39, 0.29) is 11.8 Å². The Morgan fingerprint density at radius 1 is 1.24 bits per heavy atom. The van der Waals surface area contributed by atoms with Crippen LogP contribution in [0.5, 0.6) is 0 Å². The third kappa shape index (κ3) is 5.00. The van der Waals surface area contributed by atoms with E-state index in [4.69, 9.17) is 4.74 Å². The fraction of sp³-hybridized carbons (Fsp3) is 0.407. The van der Waals surface area contributed by atoms with Gasteiger partial charge in [0, 0.05) is 51.2 Å². The zero-order valence-electron chi connectivity index (χ0n) is 20.1. The first kappa shape index (κ1) is 24.0. The molecule has 4 rings (SSSR count). The summed E-state index contributed by atoms with van der Waals surface area (Å²) in [7, 11) is 3.75. The van der Waals surface area contributed by atoms with E-state index in [1.807, 2.05) is 60.3 Å². The standard InChI is InChI=1S/C27H34N4O3/c1-4-5-9-21-18-20(19-29(21)2)25-24(22-10-6-7-11-23(22)27(33)30(25)3)26(32)28-12-8-13-31-14-16-34-17-15-31/h4-7,9-11,18-19,24-25H,1,8,12-17H2,2-3H3,(H,28,32)/b9-5-. The highest BCUT2D eigenvalue weighted by atomic mass is 16.5. The van der Waals surface area contributed by atoms with Gasteiger partial charge in [0.1, 0.15) is 0 Å². The molecule has 3 heterocycles. The molecule has 2 amide bonds. The molecule has 1 saturated heterocycles. The monoisotopic (exact) mass is 462 g/mol. The maximum atomic E-state index is 13.6. The van der Waals surface area contributed by atoms with Crippen molar-refractivity contribution in [3.8, 4) is 0 Å². The summed E-state index contributed by atoms with van der Waals surface area (Å²) in [6, 6.07) is 9.12. The Morgan fingerprint density at radius 2 is 2.00 bits per heavy atom. The van der Waals surface area contributed by atoms with E-state index in [1.165, 1.54) is 0 Å². The van der Waals surface area contributed by atoms with Gasteiger partial charge in [-0.25, -0.2) is 0 Å². The molecule has 1 aromatic heterocycles. The molecule has 0 saturated carbocycles. The van der Waals surface area contributed by atoms with Crippen LogP contribution in [0.1, 0.15) is 45.6 Å². The van der Waals surface area contributed by atoms with Gasteiger partial charge in [-0.15, -0.1) is 0 Å². The van der Waals surface area contributed by atoms with Gasteiger partial charge in [-0.05, 0) is 42.3 Å². The number of carbonyl (C=O) groups is 2. The van der Waals surface area contributed by atoms with Crippen molar-refractivity contribution in [2.45, 2.75) is 18.4 Å². The molecular weight excluding hydrogens is 428 g/mol. The van der Waals surface area contributed by atoms with E-state index in [1.54, 1.807) is 18.0 Å². The fourth-order valence-electron chi connectivity index (χ4n) is 4.92. The van der Waals surface area contributed by atoms with E-state index in [2.05, 4.69) is 16.8 Å². The molecular formula is C27H34N4O3. The summed E-state index contributed by atoms with van der Waals surface area (Å²) in [5, 5.41) is 3.15. The average Bonchev–Trinajstić information content (AvgIpc) is 3.22. The Bertz CT molecular complexity index is 1070. The van der Waals surface area contributed by atoms with Gasteiger partial charge in [0.2, 0.25) is 5.91 Å². The lowest BCUT2D eigenvalue weighted by molar-refractivity contribution is -0.124. The molecule has 1 fully saturated rings. The highest BCUT2D eigenvalue weighted by Gasteiger charge is 2.42. The lowest BCUT2D eigenvalue weighted by Gasteiger charge is -2.39. The van der Waals surface area contributed by atoms with Crippen LogP contribution in [0.4, 0.5) is 0 Å². The van der Waals surface area contributed by atoms with Crippen LogP contribution in [0.2, 0.25) is 0 Å². The second-order valence-electron chi connectivity index (χ2n) is 8.93. The van der Waals surface area contributed by atoms with Crippen LogP contribution in [-0.2, 0) is 16.6 Å². The topological polar surface area (TPSA) is 66.8 Å². The normalized spacial score (nSPS) is 21.0. The third-order valence-corrected chi connectivity index (χ3v) is 6.73. The molecule has 2 aliphatic rings. The number of aryl methyl sites for hydroxylation is 1. The first-order valence-corrected chi connectivity index (χ1v) is 11.9. The van der Waals surface area contributed by atoms with Crippen LogP contribution in [0, 0.1) is 0 Å². The SMILES string of the molecule is C=C/C=C\c1cc(C2C(C(=O)NCCCN3CCOCC3)c3ccccc3C(=O)N2C)cn1C. The predicted molar refractivity (Wildman–Crippen MR) is 134 cm³/mol. The molecule has 0 aliphatic carbocycles. The lowest BCUT2D eigenvalue weighted by atomic mass is 9.80. The third-order valence-electron chi connectivity index (χ3n) is 6.73. The molecule has 7 heteroatoms. The number of carbonyl (C=O) groups excluding carboxylic acids is 2. The van der Waals surface area contributed by atoms with Crippen LogP contribution in [0.15, 0.2) is 55.3 Å². The molecule has 7 nitrogen and oxygen atoms in total. The quantitative estimate of drug-likeness (QED) is 0.484. The van der Waals surface area contributed by atoms with Crippen molar-refractivity contribution in [2.24, 2.45) is 7.05 Å². The maximum absolute atomic E-state index is 13.6. The summed E-state index contributed by atoms with van der Waals surface area (Å²) in [4.78, 5) is 30.9. The molecule has 0 bridgehead atoms. The van der Waals surface area contributed by atoms with E-state index >= 15 is 0 Å². The summed E-state index contributed by atoms with van der Waals surface area (Å²) < 4.78 is 7.41. The first-order valence-electron chi connectivity index (χ1n) is 11.9. The summed E-state index contributed by atoms with van der Waals surface area (Å²) in [5.74, 6) is -0.601. The Morgan fingerprint density at radius 3 is 2.76 bits per heavy atom. The average molecular weight is 463 g/mol. The highest BCUT2D eigenvalue weighted by Crippen LogP contribution is 2.42. The minimum atomic E-state index is -0.485. The van der Waals surface area contributed by atoms with Gasteiger partial charge >= 0.3 is 0 Å². The van der Waals surface area contributed by atoms with Gasteiger partial charge in [-0.2, -0.15) is 0 Å². The minimum absolute atomic E-state index is 0.0502. The number of rotatable bonds is 8. The summed E-state index contributed by atoms with van der Waals surface area (Å²) in [5.41, 5.74) is 3.30. The van der Waals surface area contributed by atoms with Crippen molar-refractivity contribution in [1.29, 1.82) is 0 Å². The number of amides is 2. The Labute approximate surface area is 201 Å². The molecule has 1 aromatic carbocycles. The molecule has 0 radical (unpaired) electrons. The number of fused-ring (bicyclic) bond motifs is 1. The van der Waals surface area contributed by atoms with Gasteiger partial charge < -0.3 is 19.5 Å². The molecule has 0 spiro atoms. The van der Waals surface area contributed by atoms with E-state index in [0.29, 0.717) is 12.1 Å². The molecule has 2 aliphatic heterocycles. The second kappa shape index (κ2) is 10.8. The van der Waals surface area contributed by atoms with Gasteiger partial charge in [-0.3, -0.25) is 14.5 Å². The summed E-state index contributed by atoms with van der Waals surface area (Å²) in [6.45, 7) is 8.70. The van der Waals surface area contributed by atoms with E-state index in [9.17, 15) is 9.59 Å². The van der Waals surface area contributed by atoms with E-state index in [0.717, 1.165) is 56.1 Å². The first-order chi connectivity index (χ1) is 16.5. The van der Waals surface area contributed by atoms with Gasteiger partial charge in [0.05, 0.1) is 25.2 Å². The number of allylic oxidation sites excluding steroid dienone is 2. The Kier molecular flexibility index (Phi) is 7.65. The van der Waals surface area contributed by atoms with Crippen LogP contribution < -0.4 is 5.32 Å². The molecule has 1 N–H and O–H groups in total. The van der Waals surface area contributed by atoms with Gasteiger partial charge in [0.15, 0.2) is 0 Å². The smallest absolute Gasteiger partial charge is 0.254 e. The molecule has 2 unspecified atom stereocenters. The largest absolute Gasteiger partial charge is 0.379 e. The zero-order valence-corrected chi connectivity index (χ0v) is 20.1. The number of nitrogens with zero attached hydrogens (tertiary/aromatic N) is 3. The van der Waals surface area contributed by atoms with E-state index < -0.39 is 12.0 Å². The fourth-order valence-corrected chi connectivity index (χ4v) is 4.92. The number of benzene rings is 1. The van der Waals surface area contributed by atoms with Crippen LogP contribution in [-0.4, -0.2) is 72.6 Å². The number of hydrogen-bond acceptors (Lipinski definition) is 4. The Hall–Kier alpha value is -3.16. The van der Waals surface area contributed by atoms with Crippen molar-refractivity contribution < 1.29 is 14.3 Å². The number of ether oxygens (including phenoxy) is 1. The van der Waals surface area contributed by atoms with Crippen molar-refractivity contribution >= 4 is 17.9 Å². The van der Waals surface area contributed by atoms with Crippen molar-refractivity contribution in [1.82, 2.24) is 19.7 Å². The van der Waals surface area contributed by atoms with Gasteiger partial charge in [0.25, 0.3) is 5.91 Å². The number of likely N-dealkylation sites (N-methyl/N-ethyl adjacent to an activating group) is 1. The second-order valence-corrected chi connectivity index (χ2v) is 8.93. The lowest BCUT2D eigenvalue weighted by Crippen LogP contribution is -2.46. The molecule has 2 aromatic rings. The number of aromatic nitrogens is 1. The summed E-state index contributed by atoms with van der Waals surface area (Å²) in [6.07, 6.45) is 8.45. The highest BCUT2D eigenvalue weighted by molar-refractivity contribution is 6.01. The van der Waals surface area contributed by atoms with Crippen LogP contribution in [0.3, 0.4) is 0 Å². The van der Waals surface area contributed by atoms with Crippen molar-refractivity contribution in [2.75, 3.05) is 46.4 Å². The minimum Gasteiger partial charge on any atom is -0.379 e. The van der Waals surface area contributed by atoms with Crippen LogP contribution >= 0.6 is 0 Å². The zero-order chi connectivity index (χ0) is 24.1. The van der Waals surface area contributed by atoms with Crippen LogP contribution in [0.25, 0.3) is 6.08 Å².